The van der Waals surface area contributed by atoms with Crippen molar-refractivity contribution < 1.29 is 29.2 Å². The molecule has 126 valence electrons. The SMILES string of the molecule is CC(COCCOCC(O)CO)COC(=O)C(C)(C)CBr. The van der Waals surface area contributed by atoms with Crippen LogP contribution in [0.25, 0.3) is 0 Å². The minimum Gasteiger partial charge on any atom is -0.465 e. The summed E-state index contributed by atoms with van der Waals surface area (Å²) in [5, 5.41) is 18.2. The van der Waals surface area contributed by atoms with Gasteiger partial charge in [0.25, 0.3) is 0 Å². The average Bonchev–Trinajstić information content (AvgIpc) is 2.47. The van der Waals surface area contributed by atoms with Gasteiger partial charge in [-0.1, -0.05) is 22.9 Å². The highest BCUT2D eigenvalue weighted by Crippen LogP contribution is 2.20. The molecule has 0 heterocycles. The van der Waals surface area contributed by atoms with Crippen LogP contribution >= 0.6 is 15.9 Å². The number of halogens is 1. The summed E-state index contributed by atoms with van der Waals surface area (Å²) in [6, 6.07) is 0. The molecule has 0 bridgehead atoms. The molecule has 0 saturated carbocycles. The number of alkyl halides is 1. The van der Waals surface area contributed by atoms with Gasteiger partial charge in [0.15, 0.2) is 0 Å². The molecular formula is C14H27BrO6. The van der Waals surface area contributed by atoms with E-state index in [2.05, 4.69) is 15.9 Å². The summed E-state index contributed by atoms with van der Waals surface area (Å²) in [5.41, 5.74) is -0.526. The first-order valence-corrected chi connectivity index (χ1v) is 8.13. The van der Waals surface area contributed by atoms with Crippen LogP contribution in [-0.2, 0) is 19.0 Å². The third-order valence-electron chi connectivity index (χ3n) is 2.68. The summed E-state index contributed by atoms with van der Waals surface area (Å²) in [4.78, 5) is 11.8. The van der Waals surface area contributed by atoms with E-state index in [1.807, 2.05) is 20.8 Å². The Labute approximate surface area is 134 Å². The fraction of sp³-hybridized carbons (Fsp3) is 0.929. The number of ether oxygens (including phenoxy) is 3. The summed E-state index contributed by atoms with van der Waals surface area (Å²) in [6.45, 7) is 6.89. The lowest BCUT2D eigenvalue weighted by Crippen LogP contribution is -2.30. The molecule has 0 aromatic heterocycles. The lowest BCUT2D eigenvalue weighted by Gasteiger charge is -2.21. The highest BCUT2D eigenvalue weighted by Gasteiger charge is 2.28. The molecule has 0 radical (unpaired) electrons. The molecule has 21 heavy (non-hydrogen) atoms. The molecule has 0 amide bonds. The van der Waals surface area contributed by atoms with Crippen LogP contribution in [-0.4, -0.2) is 67.3 Å². The Morgan fingerprint density at radius 1 is 1.19 bits per heavy atom. The molecule has 0 aromatic carbocycles. The molecule has 0 aliphatic carbocycles. The first kappa shape index (κ1) is 20.8. The van der Waals surface area contributed by atoms with Crippen molar-refractivity contribution in [2.45, 2.75) is 26.9 Å². The van der Waals surface area contributed by atoms with Crippen molar-refractivity contribution in [3.63, 3.8) is 0 Å². The fourth-order valence-corrected chi connectivity index (χ4v) is 1.42. The lowest BCUT2D eigenvalue weighted by atomic mass is 9.97. The predicted molar refractivity (Wildman–Crippen MR) is 82.4 cm³/mol. The number of esters is 1. The Kier molecular flexibility index (Phi) is 11.3. The minimum absolute atomic E-state index is 0.0919. The number of carbonyl (C=O) groups is 1. The summed E-state index contributed by atoms with van der Waals surface area (Å²) in [6.07, 6.45) is -0.846. The Bertz CT molecular complexity index is 285. The summed E-state index contributed by atoms with van der Waals surface area (Å²) in [5.74, 6) is -0.129. The van der Waals surface area contributed by atoms with Crippen LogP contribution in [0.1, 0.15) is 20.8 Å². The number of aliphatic hydroxyl groups excluding tert-OH is 2. The maximum absolute atomic E-state index is 11.8. The van der Waals surface area contributed by atoms with Crippen molar-refractivity contribution in [3.05, 3.63) is 0 Å². The van der Waals surface area contributed by atoms with Crippen molar-refractivity contribution in [1.82, 2.24) is 0 Å². The molecule has 0 fully saturated rings. The van der Waals surface area contributed by atoms with Crippen molar-refractivity contribution in [2.75, 3.05) is 45.0 Å². The number of hydrogen-bond donors (Lipinski definition) is 2. The van der Waals surface area contributed by atoms with E-state index in [4.69, 9.17) is 24.4 Å². The van der Waals surface area contributed by atoms with Gasteiger partial charge in [-0.15, -0.1) is 0 Å². The Balaban J connectivity index is 3.59. The maximum atomic E-state index is 11.8. The molecule has 0 saturated heterocycles. The highest BCUT2D eigenvalue weighted by molar-refractivity contribution is 9.09. The van der Waals surface area contributed by atoms with Gasteiger partial charge in [0.1, 0.15) is 6.10 Å². The standard InChI is InChI=1S/C14H27BrO6/c1-11(8-21-13(18)14(2,3)10-15)7-19-4-5-20-9-12(17)6-16/h11-12,16-17H,4-10H2,1-3H3. The molecule has 0 spiro atoms. The molecule has 0 aliphatic rings. The molecule has 0 rings (SSSR count). The first-order valence-electron chi connectivity index (χ1n) is 7.01. The van der Waals surface area contributed by atoms with Crippen molar-refractivity contribution >= 4 is 21.9 Å². The van der Waals surface area contributed by atoms with E-state index < -0.39 is 11.5 Å². The molecule has 0 aliphatic heterocycles. The zero-order chi connectivity index (χ0) is 16.3. The minimum atomic E-state index is -0.846. The van der Waals surface area contributed by atoms with Gasteiger partial charge in [-0.3, -0.25) is 4.79 Å². The Morgan fingerprint density at radius 3 is 2.29 bits per heavy atom. The molecule has 7 heteroatoms. The molecule has 2 N–H and O–H groups in total. The number of rotatable bonds is 12. The average molecular weight is 371 g/mol. The van der Waals surface area contributed by atoms with Crippen LogP contribution in [0, 0.1) is 11.3 Å². The van der Waals surface area contributed by atoms with Crippen LogP contribution in [0.2, 0.25) is 0 Å². The van der Waals surface area contributed by atoms with Gasteiger partial charge < -0.3 is 24.4 Å². The van der Waals surface area contributed by atoms with E-state index in [1.165, 1.54) is 0 Å². The van der Waals surface area contributed by atoms with Crippen LogP contribution < -0.4 is 0 Å². The maximum Gasteiger partial charge on any atom is 0.312 e. The van der Waals surface area contributed by atoms with E-state index in [-0.39, 0.29) is 25.1 Å². The normalized spacial score (nSPS) is 14.8. The Morgan fingerprint density at radius 2 is 1.76 bits per heavy atom. The number of carbonyl (C=O) groups excluding carboxylic acids is 1. The predicted octanol–water partition coefficient (Wildman–Crippen LogP) is 0.973. The van der Waals surface area contributed by atoms with Gasteiger partial charge in [-0.05, 0) is 13.8 Å². The third-order valence-corrected chi connectivity index (χ3v) is 4.08. The number of aliphatic hydroxyl groups is 2. The monoisotopic (exact) mass is 370 g/mol. The van der Waals surface area contributed by atoms with E-state index in [0.29, 0.717) is 31.8 Å². The number of hydrogen-bond acceptors (Lipinski definition) is 6. The molecule has 2 atom stereocenters. The zero-order valence-electron chi connectivity index (χ0n) is 13.0. The highest BCUT2D eigenvalue weighted by atomic mass is 79.9. The van der Waals surface area contributed by atoms with Crippen LogP contribution in [0.3, 0.4) is 0 Å². The summed E-state index contributed by atoms with van der Waals surface area (Å²) < 4.78 is 15.7. The van der Waals surface area contributed by atoms with E-state index in [0.717, 1.165) is 0 Å². The molecule has 6 nitrogen and oxygen atoms in total. The second kappa shape index (κ2) is 11.4. The lowest BCUT2D eigenvalue weighted by molar-refractivity contribution is -0.154. The quantitative estimate of drug-likeness (QED) is 0.302. The topological polar surface area (TPSA) is 85.2 Å². The molecular weight excluding hydrogens is 344 g/mol. The van der Waals surface area contributed by atoms with Crippen molar-refractivity contribution in [2.24, 2.45) is 11.3 Å². The first-order chi connectivity index (χ1) is 9.83. The molecule has 0 aromatic rings. The van der Waals surface area contributed by atoms with E-state index in [1.54, 1.807) is 0 Å². The second-order valence-corrected chi connectivity index (χ2v) is 6.27. The van der Waals surface area contributed by atoms with Crippen LogP contribution in [0.5, 0.6) is 0 Å². The zero-order valence-corrected chi connectivity index (χ0v) is 14.6. The largest absolute Gasteiger partial charge is 0.465 e. The van der Waals surface area contributed by atoms with Gasteiger partial charge in [0.05, 0.1) is 45.1 Å². The third kappa shape index (κ3) is 10.2. The van der Waals surface area contributed by atoms with Gasteiger partial charge in [0, 0.05) is 11.2 Å². The smallest absolute Gasteiger partial charge is 0.312 e. The fourth-order valence-electron chi connectivity index (χ4n) is 1.19. The van der Waals surface area contributed by atoms with Gasteiger partial charge in [-0.2, -0.15) is 0 Å². The van der Waals surface area contributed by atoms with Crippen molar-refractivity contribution in [1.29, 1.82) is 0 Å². The molecule has 2 unspecified atom stereocenters. The van der Waals surface area contributed by atoms with Crippen LogP contribution in [0.4, 0.5) is 0 Å². The summed E-state index contributed by atoms with van der Waals surface area (Å²) >= 11 is 3.29. The van der Waals surface area contributed by atoms with Gasteiger partial charge in [-0.25, -0.2) is 0 Å². The van der Waals surface area contributed by atoms with Gasteiger partial charge in [0.2, 0.25) is 0 Å². The Hall–Kier alpha value is -0.210. The summed E-state index contributed by atoms with van der Waals surface area (Å²) in [7, 11) is 0. The van der Waals surface area contributed by atoms with E-state index in [9.17, 15) is 4.79 Å². The van der Waals surface area contributed by atoms with E-state index >= 15 is 0 Å². The van der Waals surface area contributed by atoms with Crippen LogP contribution in [0.15, 0.2) is 0 Å². The second-order valence-electron chi connectivity index (χ2n) is 5.71. The van der Waals surface area contributed by atoms with Crippen molar-refractivity contribution in [3.8, 4) is 0 Å². The van der Waals surface area contributed by atoms with Gasteiger partial charge >= 0.3 is 5.97 Å².